The van der Waals surface area contributed by atoms with Gasteiger partial charge in [-0.1, -0.05) is 19.1 Å². The van der Waals surface area contributed by atoms with Gasteiger partial charge in [-0.25, -0.2) is 4.79 Å². The van der Waals surface area contributed by atoms with Crippen LogP contribution in [0.2, 0.25) is 0 Å². The molecule has 0 bridgehead atoms. The van der Waals surface area contributed by atoms with Crippen LogP contribution in [0.15, 0.2) is 39.8 Å². The molecular weight excluding hydrogens is 576 g/mol. The van der Waals surface area contributed by atoms with Crippen molar-refractivity contribution < 1.29 is 53.7 Å². The fraction of sp³-hybridized carbons (Fsp3) is 0.719. The van der Waals surface area contributed by atoms with Gasteiger partial charge in [0.25, 0.3) is 0 Å². The summed E-state index contributed by atoms with van der Waals surface area (Å²) in [5, 5.41) is 54.1. The minimum atomic E-state index is -1.64. The molecule has 0 aromatic carbocycles. The zero-order valence-corrected chi connectivity index (χ0v) is 24.9. The molecule has 3 saturated carbocycles. The second-order valence-corrected chi connectivity index (χ2v) is 13.7. The van der Waals surface area contributed by atoms with Crippen molar-refractivity contribution in [1.82, 2.24) is 0 Å². The van der Waals surface area contributed by atoms with Crippen molar-refractivity contribution in [1.29, 1.82) is 0 Å². The zero-order chi connectivity index (χ0) is 31.7. The number of carbonyl (C=O) groups is 2. The third kappa shape index (κ3) is 4.40. The number of ether oxygens (including phenoxy) is 3. The van der Waals surface area contributed by atoms with Crippen LogP contribution in [0, 0.1) is 22.7 Å². The molecule has 4 fully saturated rings. The van der Waals surface area contributed by atoms with Crippen LogP contribution in [-0.2, 0) is 23.8 Å². The first-order valence-corrected chi connectivity index (χ1v) is 15.5. The first-order valence-electron chi connectivity index (χ1n) is 15.5. The Labute approximate surface area is 254 Å². The quantitative estimate of drug-likeness (QED) is 0.130. The van der Waals surface area contributed by atoms with E-state index in [1.807, 2.05) is 19.1 Å². The van der Waals surface area contributed by atoms with Gasteiger partial charge in [-0.3, -0.25) is 4.79 Å². The van der Waals surface area contributed by atoms with Gasteiger partial charge in [0.05, 0.1) is 23.9 Å². The van der Waals surface area contributed by atoms with Crippen molar-refractivity contribution >= 4 is 12.3 Å². The summed E-state index contributed by atoms with van der Waals surface area (Å²) in [6, 6.07) is 2.96. The van der Waals surface area contributed by atoms with Gasteiger partial charge in [0, 0.05) is 30.7 Å². The van der Waals surface area contributed by atoms with Gasteiger partial charge in [-0.05, 0) is 62.0 Å². The van der Waals surface area contributed by atoms with E-state index in [1.165, 1.54) is 19.3 Å². The number of hydrogen-bond donors (Lipinski definition) is 5. The highest BCUT2D eigenvalue weighted by molar-refractivity contribution is 5.67. The molecule has 0 spiro atoms. The third-order valence-corrected chi connectivity index (χ3v) is 11.8. The molecule has 2 heterocycles. The van der Waals surface area contributed by atoms with Gasteiger partial charge in [-0.15, -0.1) is 0 Å². The van der Waals surface area contributed by atoms with Crippen molar-refractivity contribution in [3.8, 4) is 0 Å². The standard InChI is InChI=1S/C32H42O12/c1-17(35)42-21-13-32(40)20-8-12-31(44-28-27(39)26(38)25(37)22(14-33)43-28)10-4-3-9-30(31,16-34)19(20)7-11-29(32,2)24(21)18-5-6-23(36)41-15-18/h4-6,10,15-16,19-22,24-28,33,37-40H,3,7-9,11-14H2,1-2H3/t19-,20+,21+,22+,24-,25+,26-,27+,28-,29-,30+,31+,32-/m0/s1. The average molecular weight is 619 g/mol. The monoisotopic (exact) mass is 618 g/mol. The third-order valence-electron chi connectivity index (χ3n) is 11.8. The number of allylic oxidation sites excluding steroid dienone is 1. The van der Waals surface area contributed by atoms with Crippen LogP contribution >= 0.6 is 0 Å². The summed E-state index contributed by atoms with van der Waals surface area (Å²) in [7, 11) is 0. The lowest BCUT2D eigenvalue weighted by molar-refractivity contribution is -0.343. The molecule has 1 aliphatic heterocycles. The molecule has 0 amide bonds. The lowest BCUT2D eigenvalue weighted by Gasteiger charge is -2.65. The maximum atomic E-state index is 13.4. The molecule has 1 aromatic rings. The SMILES string of the molecule is CC(=O)O[C@@H]1C[C@]2(O)[C@@H]3CC[C@]4(O[C@@H]5O[C@H](CO)[C@@H](O)[C@H](O)[C@H]5O)C=CCC[C@@]4(C=O)[C@H]3CC[C@@]2(C)[C@H]1c1ccc(=O)oc1. The normalized spacial score (nSPS) is 48.1. The number of aldehydes is 1. The number of aliphatic hydroxyl groups is 5. The van der Waals surface area contributed by atoms with Crippen LogP contribution in [0.5, 0.6) is 0 Å². The van der Waals surface area contributed by atoms with Crippen LogP contribution in [0.4, 0.5) is 0 Å². The van der Waals surface area contributed by atoms with Crippen LogP contribution in [0.25, 0.3) is 0 Å². The molecule has 13 atom stereocenters. The molecule has 1 aromatic heterocycles. The molecule has 5 N–H and O–H groups in total. The molecule has 5 aliphatic rings. The van der Waals surface area contributed by atoms with Gasteiger partial charge in [0.1, 0.15) is 42.4 Å². The molecule has 12 heteroatoms. The molecule has 0 radical (unpaired) electrons. The van der Waals surface area contributed by atoms with E-state index in [0.717, 1.165) is 6.29 Å². The molecular formula is C32H42O12. The Bertz CT molecular complexity index is 1340. The molecule has 44 heavy (non-hydrogen) atoms. The van der Waals surface area contributed by atoms with Crippen molar-refractivity contribution in [3.63, 3.8) is 0 Å². The lowest BCUT2D eigenvalue weighted by atomic mass is 9.42. The summed E-state index contributed by atoms with van der Waals surface area (Å²) < 4.78 is 23.2. The highest BCUT2D eigenvalue weighted by atomic mass is 16.7. The van der Waals surface area contributed by atoms with Crippen molar-refractivity contribution in [2.45, 2.75) is 113 Å². The van der Waals surface area contributed by atoms with Crippen LogP contribution in [0.1, 0.15) is 70.3 Å². The van der Waals surface area contributed by atoms with E-state index in [9.17, 15) is 39.9 Å². The Morgan fingerprint density at radius 3 is 2.50 bits per heavy atom. The topological polar surface area (TPSA) is 193 Å². The number of hydrogen-bond acceptors (Lipinski definition) is 12. The van der Waals surface area contributed by atoms with E-state index in [2.05, 4.69) is 0 Å². The van der Waals surface area contributed by atoms with Gasteiger partial charge in [0.15, 0.2) is 6.29 Å². The van der Waals surface area contributed by atoms with Crippen LogP contribution < -0.4 is 5.63 Å². The van der Waals surface area contributed by atoms with E-state index in [4.69, 9.17) is 18.6 Å². The second-order valence-electron chi connectivity index (χ2n) is 13.7. The van der Waals surface area contributed by atoms with E-state index in [-0.39, 0.29) is 24.7 Å². The molecule has 0 unspecified atom stereocenters. The van der Waals surface area contributed by atoms with Gasteiger partial charge < -0.3 is 49.0 Å². The largest absolute Gasteiger partial charge is 0.462 e. The Morgan fingerprint density at radius 2 is 1.84 bits per heavy atom. The highest BCUT2D eigenvalue weighted by Gasteiger charge is 2.73. The molecule has 1 saturated heterocycles. The number of fused-ring (bicyclic) bond motifs is 5. The maximum absolute atomic E-state index is 13.4. The Kier molecular flexibility index (Phi) is 7.96. The average Bonchev–Trinajstić information content (AvgIpc) is 3.23. The molecule has 4 aliphatic carbocycles. The summed E-state index contributed by atoms with van der Waals surface area (Å²) in [5.74, 6) is -1.69. The molecule has 6 rings (SSSR count). The van der Waals surface area contributed by atoms with Crippen molar-refractivity contribution in [2.24, 2.45) is 22.7 Å². The van der Waals surface area contributed by atoms with Crippen LogP contribution in [-0.4, -0.2) is 92.4 Å². The summed E-state index contributed by atoms with van der Waals surface area (Å²) in [5.41, 5.74) is -4.39. The van der Waals surface area contributed by atoms with E-state index >= 15 is 0 Å². The Morgan fingerprint density at radius 1 is 1.09 bits per heavy atom. The smallest absolute Gasteiger partial charge is 0.335 e. The Balaban J connectivity index is 1.38. The highest BCUT2D eigenvalue weighted by Crippen LogP contribution is 2.71. The van der Waals surface area contributed by atoms with Gasteiger partial charge in [0.2, 0.25) is 0 Å². The van der Waals surface area contributed by atoms with E-state index in [0.29, 0.717) is 37.7 Å². The van der Waals surface area contributed by atoms with E-state index < -0.39 is 83.0 Å². The molecule has 242 valence electrons. The first-order chi connectivity index (χ1) is 20.9. The lowest BCUT2D eigenvalue weighted by Crippen LogP contribution is -2.69. The Hall–Kier alpha value is -2.45. The van der Waals surface area contributed by atoms with Crippen molar-refractivity contribution in [3.05, 3.63) is 46.5 Å². The second kappa shape index (κ2) is 11.1. The zero-order valence-electron chi connectivity index (χ0n) is 24.9. The number of rotatable bonds is 6. The minimum Gasteiger partial charge on any atom is -0.462 e. The first kappa shape index (κ1) is 31.5. The maximum Gasteiger partial charge on any atom is 0.335 e. The van der Waals surface area contributed by atoms with Crippen LogP contribution in [0.3, 0.4) is 0 Å². The predicted octanol–water partition coefficient (Wildman–Crippen LogP) is 0.707. The molecule has 12 nitrogen and oxygen atoms in total. The number of aliphatic hydroxyl groups excluding tert-OH is 4. The summed E-state index contributed by atoms with van der Waals surface area (Å²) in [6.07, 6.45) is 0.755. The number of esters is 1. The minimum absolute atomic E-state index is 0.138. The van der Waals surface area contributed by atoms with Gasteiger partial charge in [-0.2, -0.15) is 0 Å². The fourth-order valence-corrected chi connectivity index (χ4v) is 9.76. The number of carbonyl (C=O) groups excluding carboxylic acids is 2. The summed E-state index contributed by atoms with van der Waals surface area (Å²) in [4.78, 5) is 37.4. The summed E-state index contributed by atoms with van der Waals surface area (Å²) in [6.45, 7) is 2.68. The van der Waals surface area contributed by atoms with Gasteiger partial charge >= 0.3 is 11.6 Å². The predicted molar refractivity (Wildman–Crippen MR) is 151 cm³/mol. The van der Waals surface area contributed by atoms with E-state index in [1.54, 1.807) is 6.07 Å². The fourth-order valence-electron chi connectivity index (χ4n) is 9.76. The summed E-state index contributed by atoms with van der Waals surface area (Å²) >= 11 is 0. The van der Waals surface area contributed by atoms with Crippen molar-refractivity contribution in [2.75, 3.05) is 6.61 Å².